The maximum absolute atomic E-state index is 11.9. The topological polar surface area (TPSA) is 93.1 Å². The summed E-state index contributed by atoms with van der Waals surface area (Å²) in [6.07, 6.45) is 5.08. The van der Waals surface area contributed by atoms with E-state index in [1.54, 1.807) is 4.90 Å². The zero-order chi connectivity index (χ0) is 14.5. The summed E-state index contributed by atoms with van der Waals surface area (Å²) in [5.41, 5.74) is 0. The number of aliphatic carboxylic acids is 1. The number of carboxylic acid groups (broad SMARTS) is 1. The Balaban J connectivity index is 1.77. The van der Waals surface area contributed by atoms with Gasteiger partial charge in [0.05, 0.1) is 6.61 Å². The number of carbonyl (C=O) groups is 2. The average Bonchev–Trinajstić information content (AvgIpc) is 2.98. The molecule has 1 saturated heterocycles. The largest absolute Gasteiger partial charge is 0.480 e. The van der Waals surface area contributed by atoms with Crippen LogP contribution in [-0.4, -0.2) is 76.9 Å². The Morgan fingerprint density at radius 1 is 1.15 bits per heavy atom. The minimum absolute atomic E-state index is 0.405. The fourth-order valence-electron chi connectivity index (χ4n) is 2.99. The van der Waals surface area contributed by atoms with Crippen LogP contribution in [0.4, 0.5) is 4.79 Å². The minimum atomic E-state index is -1.23. The third kappa shape index (κ3) is 3.61. The number of piperazine rings is 1. The normalized spacial score (nSPS) is 22.8. The summed E-state index contributed by atoms with van der Waals surface area (Å²) in [5, 5.41) is 20.1. The third-order valence-electron chi connectivity index (χ3n) is 4.22. The smallest absolute Gasteiger partial charge is 0.328 e. The molecular weight excluding hydrogens is 262 g/mol. The lowest BCUT2D eigenvalue weighted by atomic mass is 10.2. The molecule has 0 aromatic carbocycles. The Kier molecular flexibility index (Phi) is 5.19. The van der Waals surface area contributed by atoms with Crippen LogP contribution in [0.3, 0.4) is 0 Å². The first-order valence-corrected chi connectivity index (χ1v) is 7.25. The zero-order valence-corrected chi connectivity index (χ0v) is 11.6. The van der Waals surface area contributed by atoms with Gasteiger partial charge in [0.1, 0.15) is 0 Å². The van der Waals surface area contributed by atoms with Crippen LogP contribution in [0.15, 0.2) is 0 Å². The van der Waals surface area contributed by atoms with Gasteiger partial charge in [-0.2, -0.15) is 0 Å². The summed E-state index contributed by atoms with van der Waals surface area (Å²) >= 11 is 0. The predicted octanol–water partition coefficient (Wildman–Crippen LogP) is -0.298. The molecule has 2 fully saturated rings. The Labute approximate surface area is 118 Å². The molecule has 2 amide bonds. The highest BCUT2D eigenvalue weighted by atomic mass is 16.4. The van der Waals surface area contributed by atoms with E-state index in [0.717, 1.165) is 13.1 Å². The van der Waals surface area contributed by atoms with Crippen molar-refractivity contribution in [1.29, 1.82) is 0 Å². The van der Waals surface area contributed by atoms with E-state index >= 15 is 0 Å². The minimum Gasteiger partial charge on any atom is -0.480 e. The molecule has 114 valence electrons. The van der Waals surface area contributed by atoms with Gasteiger partial charge in [0.2, 0.25) is 0 Å². The van der Waals surface area contributed by atoms with Gasteiger partial charge in [-0.1, -0.05) is 12.8 Å². The molecular formula is C13H23N3O4. The summed E-state index contributed by atoms with van der Waals surface area (Å²) in [5.74, 6) is -1.22. The molecule has 0 radical (unpaired) electrons. The first kappa shape index (κ1) is 15.1. The summed E-state index contributed by atoms with van der Waals surface area (Å²) in [7, 11) is 0. The highest BCUT2D eigenvalue weighted by Gasteiger charge is 2.29. The molecule has 1 heterocycles. The Morgan fingerprint density at radius 3 is 2.25 bits per heavy atom. The molecule has 7 nitrogen and oxygen atoms in total. The quantitative estimate of drug-likeness (QED) is 0.659. The number of carboxylic acids is 1. The van der Waals surface area contributed by atoms with Gasteiger partial charge in [0, 0.05) is 32.2 Å². The molecule has 2 aliphatic rings. The second kappa shape index (κ2) is 6.90. The van der Waals surface area contributed by atoms with Crippen molar-refractivity contribution in [2.24, 2.45) is 0 Å². The van der Waals surface area contributed by atoms with Gasteiger partial charge in [0.15, 0.2) is 6.04 Å². The van der Waals surface area contributed by atoms with E-state index in [9.17, 15) is 9.59 Å². The lowest BCUT2D eigenvalue weighted by molar-refractivity contribution is -0.140. The van der Waals surface area contributed by atoms with Gasteiger partial charge in [0.25, 0.3) is 0 Å². The van der Waals surface area contributed by atoms with Crippen molar-refractivity contribution in [2.45, 2.75) is 37.8 Å². The summed E-state index contributed by atoms with van der Waals surface area (Å²) < 4.78 is 0. The second-order valence-electron chi connectivity index (χ2n) is 5.48. The van der Waals surface area contributed by atoms with Gasteiger partial charge >= 0.3 is 12.0 Å². The number of carbonyl (C=O) groups excluding carboxylic acids is 1. The molecule has 7 heteroatoms. The fourth-order valence-corrected chi connectivity index (χ4v) is 2.99. The number of hydrogen-bond donors (Lipinski definition) is 3. The van der Waals surface area contributed by atoms with Crippen molar-refractivity contribution < 1.29 is 19.8 Å². The number of nitrogens with one attached hydrogen (secondary N) is 1. The lowest BCUT2D eigenvalue weighted by Crippen LogP contribution is -2.56. The maximum atomic E-state index is 11.9. The van der Waals surface area contributed by atoms with Crippen LogP contribution >= 0.6 is 0 Å². The Morgan fingerprint density at radius 2 is 1.75 bits per heavy atom. The first-order chi connectivity index (χ1) is 9.61. The van der Waals surface area contributed by atoms with Crippen LogP contribution in [0.25, 0.3) is 0 Å². The van der Waals surface area contributed by atoms with Crippen LogP contribution in [0.5, 0.6) is 0 Å². The number of hydrogen-bond acceptors (Lipinski definition) is 4. The molecule has 1 saturated carbocycles. The molecule has 0 unspecified atom stereocenters. The molecule has 1 aliphatic heterocycles. The number of nitrogens with zero attached hydrogens (tertiary/aromatic N) is 2. The Hall–Kier alpha value is -1.34. The summed E-state index contributed by atoms with van der Waals surface area (Å²) in [6.45, 7) is 2.31. The van der Waals surface area contributed by atoms with Crippen LogP contribution in [0.2, 0.25) is 0 Å². The van der Waals surface area contributed by atoms with E-state index in [1.165, 1.54) is 25.7 Å². The summed E-state index contributed by atoms with van der Waals surface area (Å²) in [4.78, 5) is 26.7. The third-order valence-corrected chi connectivity index (χ3v) is 4.22. The molecule has 2 rings (SSSR count). The molecule has 0 bridgehead atoms. The average molecular weight is 285 g/mol. The number of aliphatic hydroxyl groups excluding tert-OH is 1. The second-order valence-corrected chi connectivity index (χ2v) is 5.48. The van der Waals surface area contributed by atoms with Crippen molar-refractivity contribution in [2.75, 3.05) is 32.8 Å². The fraction of sp³-hybridized carbons (Fsp3) is 0.846. The lowest BCUT2D eigenvalue weighted by Gasteiger charge is -2.38. The van der Waals surface area contributed by atoms with Crippen LogP contribution in [0, 0.1) is 0 Å². The van der Waals surface area contributed by atoms with Gasteiger partial charge in [-0.3, -0.25) is 4.90 Å². The van der Waals surface area contributed by atoms with E-state index in [-0.39, 0.29) is 0 Å². The van der Waals surface area contributed by atoms with Crippen molar-refractivity contribution in [3.05, 3.63) is 0 Å². The molecule has 1 atom stereocenters. The number of aliphatic hydroxyl groups is 1. The molecule has 0 spiro atoms. The molecule has 1 aliphatic carbocycles. The van der Waals surface area contributed by atoms with Gasteiger partial charge in [-0.15, -0.1) is 0 Å². The number of urea groups is 1. The van der Waals surface area contributed by atoms with Crippen molar-refractivity contribution in [3.63, 3.8) is 0 Å². The van der Waals surface area contributed by atoms with E-state index < -0.39 is 24.6 Å². The van der Waals surface area contributed by atoms with Crippen molar-refractivity contribution in [1.82, 2.24) is 15.1 Å². The molecule has 0 aromatic heterocycles. The maximum Gasteiger partial charge on any atom is 0.328 e. The SMILES string of the molecule is O=C(O)[C@H](CO)NC(=O)N1CCN(C2CCCC2)CC1. The number of amides is 2. The van der Waals surface area contributed by atoms with Gasteiger partial charge < -0.3 is 20.4 Å². The van der Waals surface area contributed by atoms with E-state index in [0.29, 0.717) is 19.1 Å². The summed E-state index contributed by atoms with van der Waals surface area (Å²) in [6, 6.07) is -0.975. The Bertz CT molecular complexity index is 350. The first-order valence-electron chi connectivity index (χ1n) is 7.25. The monoisotopic (exact) mass is 285 g/mol. The standard InChI is InChI=1S/C13H23N3O4/c17-9-11(12(18)19)14-13(20)16-7-5-15(6-8-16)10-3-1-2-4-10/h10-11,17H,1-9H2,(H,14,20)(H,18,19)/t11-/m0/s1. The van der Waals surface area contributed by atoms with E-state index in [1.807, 2.05) is 0 Å². The van der Waals surface area contributed by atoms with Gasteiger partial charge in [-0.05, 0) is 12.8 Å². The molecule has 20 heavy (non-hydrogen) atoms. The molecule has 0 aromatic rings. The van der Waals surface area contributed by atoms with Crippen molar-refractivity contribution in [3.8, 4) is 0 Å². The molecule has 3 N–H and O–H groups in total. The number of rotatable bonds is 4. The predicted molar refractivity (Wildman–Crippen MR) is 72.4 cm³/mol. The van der Waals surface area contributed by atoms with Crippen LogP contribution in [-0.2, 0) is 4.79 Å². The van der Waals surface area contributed by atoms with Gasteiger partial charge in [-0.25, -0.2) is 9.59 Å². The highest BCUT2D eigenvalue weighted by Crippen LogP contribution is 2.24. The van der Waals surface area contributed by atoms with E-state index in [4.69, 9.17) is 10.2 Å². The van der Waals surface area contributed by atoms with Crippen LogP contribution in [0.1, 0.15) is 25.7 Å². The zero-order valence-electron chi connectivity index (χ0n) is 11.6. The highest BCUT2D eigenvalue weighted by molar-refractivity contribution is 5.82. The van der Waals surface area contributed by atoms with Crippen LogP contribution < -0.4 is 5.32 Å². The van der Waals surface area contributed by atoms with Crippen molar-refractivity contribution >= 4 is 12.0 Å². The van der Waals surface area contributed by atoms with E-state index in [2.05, 4.69) is 10.2 Å².